The van der Waals surface area contributed by atoms with Crippen LogP contribution >= 0.6 is 0 Å². The van der Waals surface area contributed by atoms with Crippen molar-refractivity contribution in [2.24, 2.45) is 10.3 Å². The summed E-state index contributed by atoms with van der Waals surface area (Å²) < 4.78 is 49.4. The molecule has 24 heavy (non-hydrogen) atoms. The first-order valence-corrected chi connectivity index (χ1v) is 6.58. The van der Waals surface area contributed by atoms with Gasteiger partial charge in [-0.05, 0) is 17.4 Å². The van der Waals surface area contributed by atoms with Crippen LogP contribution in [-0.4, -0.2) is 49.6 Å². The van der Waals surface area contributed by atoms with Gasteiger partial charge in [-0.1, -0.05) is 18.2 Å². The number of methoxy groups -OCH3 is 2. The van der Waals surface area contributed by atoms with Gasteiger partial charge in [0.1, 0.15) is 0 Å². The zero-order valence-electron chi connectivity index (χ0n) is 12.6. The SMILES string of the molecule is COC(=O)C1N=NN(c2ccccc2)N(C(=O)OC)C1C(F)(F)F. The monoisotopic (exact) mass is 346 g/mol. The summed E-state index contributed by atoms with van der Waals surface area (Å²) in [5.74, 6) is -1.28. The second-order valence-corrected chi connectivity index (χ2v) is 4.60. The Morgan fingerprint density at radius 2 is 1.75 bits per heavy atom. The maximum atomic E-state index is 13.5. The first-order chi connectivity index (χ1) is 11.3. The Hall–Kier alpha value is -2.85. The Balaban J connectivity index is 2.57. The van der Waals surface area contributed by atoms with E-state index in [4.69, 9.17) is 0 Å². The summed E-state index contributed by atoms with van der Waals surface area (Å²) in [5, 5.41) is 7.74. The van der Waals surface area contributed by atoms with Crippen LogP contribution in [0.1, 0.15) is 0 Å². The number of carbonyl (C=O) groups excluding carboxylic acids is 2. The second kappa shape index (κ2) is 6.72. The summed E-state index contributed by atoms with van der Waals surface area (Å²) in [6.07, 6.45) is -6.34. The molecule has 1 aromatic rings. The Bertz CT molecular complexity index is 638. The topological polar surface area (TPSA) is 83.8 Å². The van der Waals surface area contributed by atoms with E-state index < -0.39 is 30.3 Å². The molecule has 0 spiro atoms. The maximum Gasteiger partial charge on any atom is 0.430 e. The highest BCUT2D eigenvalue weighted by atomic mass is 19.4. The van der Waals surface area contributed by atoms with Crippen LogP contribution in [0.15, 0.2) is 40.7 Å². The number of nitrogens with zero attached hydrogens (tertiary/aromatic N) is 4. The lowest BCUT2D eigenvalue weighted by Gasteiger charge is -2.41. The molecule has 1 aliphatic rings. The number of esters is 1. The van der Waals surface area contributed by atoms with Gasteiger partial charge in [0, 0.05) is 0 Å². The molecule has 0 fully saturated rings. The molecule has 1 aromatic carbocycles. The molecule has 0 radical (unpaired) electrons. The van der Waals surface area contributed by atoms with E-state index in [1.807, 2.05) is 0 Å². The standard InChI is InChI=1S/C13H13F3N4O4/c1-23-11(21)9-10(13(14,15)16)19(12(22)24-2)20(18-17-9)8-6-4-3-5-7-8/h3-7,9-10H,1-2H3. The van der Waals surface area contributed by atoms with E-state index in [-0.39, 0.29) is 10.7 Å². The van der Waals surface area contributed by atoms with Gasteiger partial charge in [0.25, 0.3) is 0 Å². The lowest BCUT2D eigenvalue weighted by Crippen LogP contribution is -2.64. The van der Waals surface area contributed by atoms with Crippen LogP contribution < -0.4 is 5.12 Å². The number of benzene rings is 1. The summed E-state index contributed by atoms with van der Waals surface area (Å²) in [5.41, 5.74) is 0.129. The molecule has 1 aliphatic heterocycles. The minimum absolute atomic E-state index is 0.129. The van der Waals surface area contributed by atoms with Gasteiger partial charge < -0.3 is 9.47 Å². The van der Waals surface area contributed by atoms with Crippen LogP contribution in [0, 0.1) is 0 Å². The van der Waals surface area contributed by atoms with Crippen LogP contribution in [0.2, 0.25) is 0 Å². The van der Waals surface area contributed by atoms with Crippen LogP contribution in [0.3, 0.4) is 0 Å². The largest absolute Gasteiger partial charge is 0.467 e. The molecule has 130 valence electrons. The predicted octanol–water partition coefficient (Wildman–Crippen LogP) is 2.33. The van der Waals surface area contributed by atoms with Crippen molar-refractivity contribution in [3.8, 4) is 0 Å². The summed E-state index contributed by atoms with van der Waals surface area (Å²) in [7, 11) is 1.83. The van der Waals surface area contributed by atoms with Crippen LogP contribution in [-0.2, 0) is 14.3 Å². The zero-order chi connectivity index (χ0) is 17.9. The number of alkyl halides is 3. The van der Waals surface area contributed by atoms with Crippen molar-refractivity contribution in [1.82, 2.24) is 5.01 Å². The van der Waals surface area contributed by atoms with E-state index in [1.54, 1.807) is 6.07 Å². The van der Waals surface area contributed by atoms with E-state index in [0.717, 1.165) is 14.2 Å². The zero-order valence-corrected chi connectivity index (χ0v) is 12.6. The van der Waals surface area contributed by atoms with Gasteiger partial charge >= 0.3 is 18.2 Å². The molecule has 1 amide bonds. The van der Waals surface area contributed by atoms with Crippen molar-refractivity contribution in [3.63, 3.8) is 0 Å². The molecule has 0 saturated carbocycles. The van der Waals surface area contributed by atoms with Gasteiger partial charge in [0.2, 0.25) is 6.04 Å². The molecule has 2 atom stereocenters. The van der Waals surface area contributed by atoms with Crippen molar-refractivity contribution in [2.75, 3.05) is 19.3 Å². The Kier molecular flexibility index (Phi) is 4.90. The van der Waals surface area contributed by atoms with E-state index in [1.165, 1.54) is 24.3 Å². The fourth-order valence-corrected chi connectivity index (χ4v) is 2.10. The number of carbonyl (C=O) groups is 2. The molecule has 2 unspecified atom stereocenters. The molecular formula is C13H13F3N4O4. The van der Waals surface area contributed by atoms with Gasteiger partial charge in [-0.15, -0.1) is 5.12 Å². The molecule has 0 bridgehead atoms. The van der Waals surface area contributed by atoms with Crippen molar-refractivity contribution in [1.29, 1.82) is 0 Å². The first kappa shape index (κ1) is 17.5. The molecule has 8 nitrogen and oxygen atoms in total. The van der Waals surface area contributed by atoms with Crippen LogP contribution in [0.5, 0.6) is 0 Å². The fourth-order valence-electron chi connectivity index (χ4n) is 2.10. The number of anilines is 1. The Morgan fingerprint density at radius 3 is 2.25 bits per heavy atom. The number of hydrazine groups is 1. The van der Waals surface area contributed by atoms with E-state index in [9.17, 15) is 22.8 Å². The third-order valence-corrected chi connectivity index (χ3v) is 3.15. The second-order valence-electron chi connectivity index (χ2n) is 4.60. The van der Waals surface area contributed by atoms with Crippen molar-refractivity contribution in [2.45, 2.75) is 18.3 Å². The molecular weight excluding hydrogens is 333 g/mol. The van der Waals surface area contributed by atoms with Gasteiger partial charge in [-0.2, -0.15) is 23.3 Å². The average Bonchev–Trinajstić information content (AvgIpc) is 2.59. The van der Waals surface area contributed by atoms with Gasteiger partial charge in [0.15, 0.2) is 6.04 Å². The quantitative estimate of drug-likeness (QED) is 0.768. The van der Waals surface area contributed by atoms with E-state index in [2.05, 4.69) is 19.8 Å². The molecule has 11 heteroatoms. The molecule has 0 aromatic heterocycles. The Morgan fingerprint density at radius 1 is 1.12 bits per heavy atom. The predicted molar refractivity (Wildman–Crippen MR) is 73.7 cm³/mol. The molecule has 0 saturated heterocycles. The number of para-hydroxylation sites is 1. The van der Waals surface area contributed by atoms with E-state index >= 15 is 0 Å². The summed E-state index contributed by atoms with van der Waals surface area (Å²) in [6.45, 7) is 0. The van der Waals surface area contributed by atoms with Crippen molar-refractivity contribution in [3.05, 3.63) is 30.3 Å². The maximum absolute atomic E-state index is 13.5. The highest BCUT2D eigenvalue weighted by Crippen LogP contribution is 2.35. The number of hydrogen-bond donors (Lipinski definition) is 0. The smallest absolute Gasteiger partial charge is 0.430 e. The van der Waals surface area contributed by atoms with Gasteiger partial charge in [-0.25, -0.2) is 9.59 Å². The summed E-state index contributed by atoms with van der Waals surface area (Å²) in [6, 6.07) is 2.85. The Labute approximate surface area is 134 Å². The third-order valence-electron chi connectivity index (χ3n) is 3.15. The summed E-state index contributed by atoms with van der Waals surface area (Å²) in [4.78, 5) is 23.6. The minimum atomic E-state index is -4.99. The van der Waals surface area contributed by atoms with Gasteiger partial charge in [-0.3, -0.25) is 0 Å². The molecule has 2 rings (SSSR count). The van der Waals surface area contributed by atoms with E-state index in [0.29, 0.717) is 5.12 Å². The number of halogens is 3. The minimum Gasteiger partial charge on any atom is -0.467 e. The molecule has 0 N–H and O–H groups in total. The lowest BCUT2D eigenvalue weighted by atomic mass is 10.1. The number of rotatable bonds is 2. The lowest BCUT2D eigenvalue weighted by molar-refractivity contribution is -0.196. The van der Waals surface area contributed by atoms with Crippen molar-refractivity contribution < 1.29 is 32.2 Å². The van der Waals surface area contributed by atoms with Crippen molar-refractivity contribution >= 4 is 17.7 Å². The molecule has 0 aliphatic carbocycles. The number of amides is 1. The van der Waals surface area contributed by atoms with Gasteiger partial charge in [0.05, 0.1) is 19.9 Å². The highest BCUT2D eigenvalue weighted by molar-refractivity contribution is 5.79. The highest BCUT2D eigenvalue weighted by Gasteiger charge is 2.58. The fraction of sp³-hybridized carbons (Fsp3) is 0.385. The van der Waals surface area contributed by atoms with Crippen LogP contribution in [0.25, 0.3) is 0 Å². The van der Waals surface area contributed by atoms with Crippen LogP contribution in [0.4, 0.5) is 23.7 Å². The third kappa shape index (κ3) is 3.24. The average molecular weight is 346 g/mol. The first-order valence-electron chi connectivity index (χ1n) is 6.58. The number of ether oxygens (including phenoxy) is 2. The molecule has 1 heterocycles. The number of hydrogen-bond acceptors (Lipinski definition) is 7. The normalized spacial score (nSPS) is 20.7. The summed E-state index contributed by atoms with van der Waals surface area (Å²) >= 11 is 0.